The van der Waals surface area contributed by atoms with Gasteiger partial charge in [0.1, 0.15) is 0 Å². The van der Waals surface area contributed by atoms with Crippen LogP contribution in [0.15, 0.2) is 21.3 Å². The average Bonchev–Trinajstić information content (AvgIpc) is 2.95. The molecule has 0 aliphatic carbocycles. The minimum Gasteiger partial charge on any atom is -0.346 e. The van der Waals surface area contributed by atoms with Crippen molar-refractivity contribution in [1.29, 1.82) is 0 Å². The highest BCUT2D eigenvalue weighted by atomic mass is 79.9. The van der Waals surface area contributed by atoms with E-state index in [9.17, 15) is 0 Å². The van der Waals surface area contributed by atoms with Crippen LogP contribution in [0.25, 0.3) is 0 Å². The van der Waals surface area contributed by atoms with Crippen molar-refractivity contribution in [3.05, 3.63) is 31.9 Å². The van der Waals surface area contributed by atoms with E-state index in [1.807, 2.05) is 0 Å². The Balaban J connectivity index is 1.94. The highest BCUT2D eigenvalue weighted by Crippen LogP contribution is 2.25. The zero-order valence-electron chi connectivity index (χ0n) is 12.2. The Kier molecular flexibility index (Phi) is 5.23. The quantitative estimate of drug-likeness (QED) is 0.836. The van der Waals surface area contributed by atoms with E-state index in [1.165, 1.54) is 4.88 Å². The molecule has 2 rings (SSSR count). The minimum atomic E-state index is 0.124. The van der Waals surface area contributed by atoms with E-state index in [4.69, 9.17) is 4.98 Å². The second-order valence-electron chi connectivity index (χ2n) is 5.81. The molecule has 6 heteroatoms. The van der Waals surface area contributed by atoms with Crippen LogP contribution in [-0.2, 0) is 13.1 Å². The first kappa shape index (κ1) is 15.9. The summed E-state index contributed by atoms with van der Waals surface area (Å²) in [6, 6.07) is 2.16. The third-order valence-electron chi connectivity index (χ3n) is 2.68. The van der Waals surface area contributed by atoms with Gasteiger partial charge >= 0.3 is 0 Å². The standard InChI is InChI=1S/C14H20BrN3S2/c1-14(2,3)16-6-11-9-20-13(17-11)18(4)7-12-5-10(15)8-19-12/h5,8-9,16H,6-7H2,1-4H3. The van der Waals surface area contributed by atoms with Crippen molar-refractivity contribution >= 4 is 43.7 Å². The van der Waals surface area contributed by atoms with Crippen molar-refractivity contribution in [3.63, 3.8) is 0 Å². The van der Waals surface area contributed by atoms with Gasteiger partial charge in [-0.25, -0.2) is 4.98 Å². The Bertz CT molecular complexity index is 557. The summed E-state index contributed by atoms with van der Waals surface area (Å²) in [5.41, 5.74) is 1.23. The van der Waals surface area contributed by atoms with Gasteiger partial charge in [-0.05, 0) is 42.8 Å². The van der Waals surface area contributed by atoms with Crippen LogP contribution in [0, 0.1) is 0 Å². The lowest BCUT2D eigenvalue weighted by Crippen LogP contribution is -2.35. The molecule has 0 amide bonds. The molecule has 3 nitrogen and oxygen atoms in total. The Morgan fingerprint density at radius 2 is 2.05 bits per heavy atom. The molecule has 0 atom stereocenters. The fraction of sp³-hybridized carbons (Fsp3) is 0.500. The second-order valence-corrected chi connectivity index (χ2v) is 8.56. The SMILES string of the molecule is CN(Cc1cc(Br)cs1)c1nc(CNC(C)(C)C)cs1. The highest BCUT2D eigenvalue weighted by molar-refractivity contribution is 9.10. The van der Waals surface area contributed by atoms with Gasteiger partial charge in [0.2, 0.25) is 0 Å². The molecular formula is C14H20BrN3S2. The summed E-state index contributed by atoms with van der Waals surface area (Å²) in [4.78, 5) is 8.23. The third kappa shape index (κ3) is 4.84. The topological polar surface area (TPSA) is 28.2 Å². The van der Waals surface area contributed by atoms with E-state index < -0.39 is 0 Å². The zero-order chi connectivity index (χ0) is 14.8. The summed E-state index contributed by atoms with van der Waals surface area (Å²) in [7, 11) is 2.09. The number of thiazole rings is 1. The van der Waals surface area contributed by atoms with Crippen LogP contribution in [0.3, 0.4) is 0 Å². The summed E-state index contributed by atoms with van der Waals surface area (Å²) in [5, 5.41) is 8.78. The molecule has 0 fully saturated rings. The molecule has 0 bridgehead atoms. The molecular weight excluding hydrogens is 354 g/mol. The van der Waals surface area contributed by atoms with Crippen molar-refractivity contribution < 1.29 is 0 Å². The summed E-state index contributed by atoms with van der Waals surface area (Å²) in [6.07, 6.45) is 0. The van der Waals surface area contributed by atoms with Gasteiger partial charge in [0.15, 0.2) is 5.13 Å². The van der Waals surface area contributed by atoms with Gasteiger partial charge in [-0.3, -0.25) is 0 Å². The van der Waals surface area contributed by atoms with Crippen LogP contribution in [0.4, 0.5) is 5.13 Å². The largest absolute Gasteiger partial charge is 0.346 e. The first-order chi connectivity index (χ1) is 9.33. The van der Waals surface area contributed by atoms with Crippen LogP contribution >= 0.6 is 38.6 Å². The predicted molar refractivity (Wildman–Crippen MR) is 92.8 cm³/mol. The number of nitrogens with one attached hydrogen (secondary N) is 1. The van der Waals surface area contributed by atoms with E-state index in [-0.39, 0.29) is 5.54 Å². The molecule has 2 aromatic rings. The number of nitrogens with zero attached hydrogens (tertiary/aromatic N) is 2. The monoisotopic (exact) mass is 373 g/mol. The van der Waals surface area contributed by atoms with Gasteiger partial charge < -0.3 is 10.2 Å². The molecule has 2 aromatic heterocycles. The fourth-order valence-electron chi connectivity index (χ4n) is 1.65. The molecule has 1 N–H and O–H groups in total. The average molecular weight is 374 g/mol. The predicted octanol–water partition coefficient (Wildman–Crippen LogP) is 4.49. The lowest BCUT2D eigenvalue weighted by molar-refractivity contribution is 0.422. The molecule has 0 aromatic carbocycles. The van der Waals surface area contributed by atoms with Crippen molar-refractivity contribution in [2.45, 2.75) is 39.4 Å². The van der Waals surface area contributed by atoms with E-state index in [2.05, 4.69) is 70.8 Å². The van der Waals surface area contributed by atoms with Crippen molar-refractivity contribution in [3.8, 4) is 0 Å². The van der Waals surface area contributed by atoms with Gasteiger partial charge in [0.25, 0.3) is 0 Å². The van der Waals surface area contributed by atoms with Gasteiger partial charge in [0, 0.05) is 39.2 Å². The third-order valence-corrected chi connectivity index (χ3v) is 5.37. The number of thiophene rings is 1. The van der Waals surface area contributed by atoms with E-state index in [0.717, 1.165) is 28.4 Å². The summed E-state index contributed by atoms with van der Waals surface area (Å²) in [6.45, 7) is 8.22. The molecule has 0 aliphatic heterocycles. The van der Waals surface area contributed by atoms with Crippen molar-refractivity contribution in [2.24, 2.45) is 0 Å². The number of rotatable bonds is 5. The Labute approximate surface area is 137 Å². The molecule has 0 saturated heterocycles. The van der Waals surface area contributed by atoms with Crippen LogP contribution in [0.1, 0.15) is 31.3 Å². The van der Waals surface area contributed by atoms with Crippen molar-refractivity contribution in [1.82, 2.24) is 10.3 Å². The van der Waals surface area contributed by atoms with Crippen LogP contribution in [0.2, 0.25) is 0 Å². The smallest absolute Gasteiger partial charge is 0.185 e. The van der Waals surface area contributed by atoms with E-state index in [1.54, 1.807) is 22.7 Å². The Morgan fingerprint density at radius 3 is 2.65 bits per heavy atom. The van der Waals surface area contributed by atoms with Gasteiger partial charge in [-0.1, -0.05) is 0 Å². The molecule has 0 aliphatic rings. The number of halogens is 1. The Morgan fingerprint density at radius 1 is 1.30 bits per heavy atom. The molecule has 0 radical (unpaired) electrons. The number of hydrogen-bond acceptors (Lipinski definition) is 5. The van der Waals surface area contributed by atoms with Gasteiger partial charge in [0.05, 0.1) is 12.2 Å². The maximum atomic E-state index is 4.69. The first-order valence-electron chi connectivity index (χ1n) is 6.47. The lowest BCUT2D eigenvalue weighted by Gasteiger charge is -2.19. The molecule has 0 saturated carbocycles. The number of aromatic nitrogens is 1. The summed E-state index contributed by atoms with van der Waals surface area (Å²) >= 11 is 6.96. The summed E-state index contributed by atoms with van der Waals surface area (Å²) < 4.78 is 1.15. The maximum absolute atomic E-state index is 4.69. The lowest BCUT2D eigenvalue weighted by atomic mass is 10.1. The highest BCUT2D eigenvalue weighted by Gasteiger charge is 2.12. The van der Waals surface area contributed by atoms with E-state index >= 15 is 0 Å². The summed E-state index contributed by atoms with van der Waals surface area (Å²) in [5.74, 6) is 0. The van der Waals surface area contributed by atoms with Gasteiger partial charge in [-0.15, -0.1) is 22.7 Å². The maximum Gasteiger partial charge on any atom is 0.185 e. The van der Waals surface area contributed by atoms with E-state index in [0.29, 0.717) is 0 Å². The number of anilines is 1. The molecule has 0 unspecified atom stereocenters. The second kappa shape index (κ2) is 6.56. The molecule has 20 heavy (non-hydrogen) atoms. The van der Waals surface area contributed by atoms with Crippen molar-refractivity contribution in [2.75, 3.05) is 11.9 Å². The fourth-order valence-corrected chi connectivity index (χ4v) is 3.94. The van der Waals surface area contributed by atoms with Crippen LogP contribution < -0.4 is 10.2 Å². The molecule has 110 valence electrons. The Hall–Kier alpha value is -0.430. The van der Waals surface area contributed by atoms with Crippen LogP contribution in [0.5, 0.6) is 0 Å². The number of hydrogen-bond donors (Lipinski definition) is 1. The van der Waals surface area contributed by atoms with Crippen LogP contribution in [-0.4, -0.2) is 17.6 Å². The molecule has 2 heterocycles. The minimum absolute atomic E-state index is 0.124. The molecule has 0 spiro atoms. The zero-order valence-corrected chi connectivity index (χ0v) is 15.5. The first-order valence-corrected chi connectivity index (χ1v) is 9.02. The normalized spacial score (nSPS) is 11.8. The van der Waals surface area contributed by atoms with Gasteiger partial charge in [-0.2, -0.15) is 0 Å².